The van der Waals surface area contributed by atoms with Crippen molar-refractivity contribution >= 4 is 10.0 Å². The SMILES string of the molecule is Cc1ccc(COc2ccc(CNCCCNS(C)(=O)=O)cc2)cc1. The second-order valence-corrected chi connectivity index (χ2v) is 7.95. The van der Waals surface area contributed by atoms with Crippen LogP contribution in [0.5, 0.6) is 5.75 Å². The molecule has 136 valence electrons. The Bertz CT molecular complexity index is 741. The molecule has 0 amide bonds. The molecule has 0 heterocycles. The van der Waals surface area contributed by atoms with E-state index in [2.05, 4.69) is 41.2 Å². The van der Waals surface area contributed by atoms with Crippen molar-refractivity contribution in [1.29, 1.82) is 0 Å². The Morgan fingerprint density at radius 1 is 0.920 bits per heavy atom. The second kappa shape index (κ2) is 9.56. The molecule has 0 aliphatic rings. The van der Waals surface area contributed by atoms with Crippen LogP contribution in [0.3, 0.4) is 0 Å². The van der Waals surface area contributed by atoms with Crippen molar-refractivity contribution < 1.29 is 13.2 Å². The smallest absolute Gasteiger partial charge is 0.208 e. The molecule has 0 radical (unpaired) electrons. The monoisotopic (exact) mass is 362 g/mol. The Labute approximate surface area is 150 Å². The highest BCUT2D eigenvalue weighted by atomic mass is 32.2. The molecule has 0 aliphatic heterocycles. The molecule has 2 N–H and O–H groups in total. The average Bonchev–Trinajstić information content (AvgIpc) is 2.57. The normalized spacial score (nSPS) is 11.4. The van der Waals surface area contributed by atoms with Gasteiger partial charge in [0, 0.05) is 13.1 Å². The minimum Gasteiger partial charge on any atom is -0.489 e. The molecule has 2 aromatic carbocycles. The first-order valence-corrected chi connectivity index (χ1v) is 10.2. The number of ether oxygens (including phenoxy) is 1. The molecule has 5 nitrogen and oxygen atoms in total. The van der Waals surface area contributed by atoms with Crippen LogP contribution in [-0.2, 0) is 23.2 Å². The van der Waals surface area contributed by atoms with E-state index >= 15 is 0 Å². The van der Waals surface area contributed by atoms with Crippen molar-refractivity contribution in [2.75, 3.05) is 19.3 Å². The van der Waals surface area contributed by atoms with Crippen LogP contribution in [0.25, 0.3) is 0 Å². The van der Waals surface area contributed by atoms with Crippen LogP contribution in [0.4, 0.5) is 0 Å². The summed E-state index contributed by atoms with van der Waals surface area (Å²) in [6.07, 6.45) is 1.92. The number of nitrogens with one attached hydrogen (secondary N) is 2. The molecule has 6 heteroatoms. The lowest BCUT2D eigenvalue weighted by Crippen LogP contribution is -2.26. The number of benzene rings is 2. The molecule has 0 fully saturated rings. The number of hydrogen-bond acceptors (Lipinski definition) is 4. The molecule has 25 heavy (non-hydrogen) atoms. The number of hydrogen-bond donors (Lipinski definition) is 2. The van der Waals surface area contributed by atoms with Gasteiger partial charge in [0.05, 0.1) is 6.26 Å². The fraction of sp³-hybridized carbons (Fsp3) is 0.368. The zero-order valence-electron chi connectivity index (χ0n) is 14.8. The Morgan fingerprint density at radius 2 is 1.56 bits per heavy atom. The zero-order chi connectivity index (χ0) is 18.1. The summed E-state index contributed by atoms with van der Waals surface area (Å²) < 4.78 is 30.1. The van der Waals surface area contributed by atoms with E-state index in [1.165, 1.54) is 17.4 Å². The average molecular weight is 362 g/mol. The maximum atomic E-state index is 10.9. The van der Waals surface area contributed by atoms with E-state index in [1.807, 2.05) is 24.3 Å². The van der Waals surface area contributed by atoms with Gasteiger partial charge in [-0.1, -0.05) is 42.0 Å². The number of aryl methyl sites for hydroxylation is 1. The summed E-state index contributed by atoms with van der Waals surface area (Å²) in [7, 11) is -3.09. The highest BCUT2D eigenvalue weighted by molar-refractivity contribution is 7.88. The summed E-state index contributed by atoms with van der Waals surface area (Å²) in [5, 5.41) is 3.29. The van der Waals surface area contributed by atoms with E-state index in [4.69, 9.17) is 4.74 Å². The van der Waals surface area contributed by atoms with E-state index in [-0.39, 0.29) is 0 Å². The van der Waals surface area contributed by atoms with Gasteiger partial charge in [-0.15, -0.1) is 0 Å². The van der Waals surface area contributed by atoms with Crippen molar-refractivity contribution in [3.05, 3.63) is 65.2 Å². The first-order chi connectivity index (χ1) is 11.9. The molecule has 0 saturated heterocycles. The first-order valence-electron chi connectivity index (χ1n) is 8.35. The maximum Gasteiger partial charge on any atom is 0.208 e. The minimum atomic E-state index is -3.09. The van der Waals surface area contributed by atoms with E-state index in [9.17, 15) is 8.42 Å². The lowest BCUT2D eigenvalue weighted by Gasteiger charge is -2.09. The standard InChI is InChI=1S/C19H26N2O3S/c1-16-4-6-18(7-5-16)15-24-19-10-8-17(9-11-19)14-20-12-3-13-21-25(2,22)23/h4-11,20-21H,3,12-15H2,1-2H3. The third-order valence-corrected chi connectivity index (χ3v) is 4.40. The van der Waals surface area contributed by atoms with E-state index in [1.54, 1.807) is 0 Å². The van der Waals surface area contributed by atoms with Gasteiger partial charge in [-0.2, -0.15) is 0 Å². The molecular weight excluding hydrogens is 336 g/mol. The van der Waals surface area contributed by atoms with Gasteiger partial charge in [0.25, 0.3) is 0 Å². The van der Waals surface area contributed by atoms with Crippen LogP contribution < -0.4 is 14.8 Å². The minimum absolute atomic E-state index is 0.456. The molecule has 2 rings (SSSR count). The Kier molecular flexibility index (Phi) is 7.43. The zero-order valence-corrected chi connectivity index (χ0v) is 15.6. The predicted molar refractivity (Wildman–Crippen MR) is 101 cm³/mol. The highest BCUT2D eigenvalue weighted by Gasteiger charge is 2.00. The van der Waals surface area contributed by atoms with Crippen molar-refractivity contribution in [3.8, 4) is 5.75 Å². The number of rotatable bonds is 10. The molecule has 0 saturated carbocycles. The molecule has 0 atom stereocenters. The fourth-order valence-electron chi connectivity index (χ4n) is 2.26. The highest BCUT2D eigenvalue weighted by Crippen LogP contribution is 2.14. The summed E-state index contributed by atoms with van der Waals surface area (Å²) in [5.74, 6) is 0.849. The van der Waals surface area contributed by atoms with E-state index in [0.29, 0.717) is 13.2 Å². The molecule has 0 spiro atoms. The molecule has 0 aromatic heterocycles. The van der Waals surface area contributed by atoms with Crippen LogP contribution in [0.2, 0.25) is 0 Å². The Balaban J connectivity index is 1.66. The quantitative estimate of drug-likeness (QED) is 0.638. The molecule has 2 aromatic rings. The van der Waals surface area contributed by atoms with Crippen LogP contribution in [0.1, 0.15) is 23.1 Å². The maximum absolute atomic E-state index is 10.9. The van der Waals surface area contributed by atoms with Gasteiger partial charge >= 0.3 is 0 Å². The summed E-state index contributed by atoms with van der Waals surface area (Å²) >= 11 is 0. The second-order valence-electron chi connectivity index (χ2n) is 6.12. The predicted octanol–water partition coefficient (Wildman–Crippen LogP) is 2.60. The van der Waals surface area contributed by atoms with Gasteiger partial charge in [-0.3, -0.25) is 0 Å². The van der Waals surface area contributed by atoms with Gasteiger partial charge in [-0.25, -0.2) is 13.1 Å². The van der Waals surface area contributed by atoms with Crippen molar-refractivity contribution in [1.82, 2.24) is 10.0 Å². The molecule has 0 aliphatic carbocycles. The Hall–Kier alpha value is -1.89. The Morgan fingerprint density at radius 3 is 2.20 bits per heavy atom. The third-order valence-electron chi connectivity index (χ3n) is 3.67. The summed E-state index contributed by atoms with van der Waals surface area (Å²) in [5.41, 5.74) is 3.56. The van der Waals surface area contributed by atoms with Crippen LogP contribution in [0, 0.1) is 6.92 Å². The van der Waals surface area contributed by atoms with Crippen LogP contribution >= 0.6 is 0 Å². The lowest BCUT2D eigenvalue weighted by atomic mass is 10.2. The van der Waals surface area contributed by atoms with Gasteiger partial charge in [-0.05, 0) is 43.1 Å². The van der Waals surface area contributed by atoms with Gasteiger partial charge in [0.15, 0.2) is 0 Å². The van der Waals surface area contributed by atoms with Gasteiger partial charge in [0.1, 0.15) is 12.4 Å². The lowest BCUT2D eigenvalue weighted by molar-refractivity contribution is 0.306. The molecule has 0 unspecified atom stereocenters. The third kappa shape index (κ3) is 8.16. The summed E-state index contributed by atoms with van der Waals surface area (Å²) in [6.45, 7) is 4.59. The number of sulfonamides is 1. The van der Waals surface area contributed by atoms with E-state index in [0.717, 1.165) is 30.8 Å². The topological polar surface area (TPSA) is 67.4 Å². The molecular formula is C19H26N2O3S. The summed E-state index contributed by atoms with van der Waals surface area (Å²) in [6, 6.07) is 16.3. The van der Waals surface area contributed by atoms with Crippen molar-refractivity contribution in [2.24, 2.45) is 0 Å². The van der Waals surface area contributed by atoms with E-state index < -0.39 is 10.0 Å². The van der Waals surface area contributed by atoms with Crippen LogP contribution in [-0.4, -0.2) is 27.8 Å². The van der Waals surface area contributed by atoms with Gasteiger partial charge in [0.2, 0.25) is 10.0 Å². The first kappa shape index (κ1) is 19.4. The van der Waals surface area contributed by atoms with Crippen molar-refractivity contribution in [2.45, 2.75) is 26.5 Å². The van der Waals surface area contributed by atoms with Crippen LogP contribution in [0.15, 0.2) is 48.5 Å². The largest absolute Gasteiger partial charge is 0.489 e. The summed E-state index contributed by atoms with van der Waals surface area (Å²) in [4.78, 5) is 0. The molecule has 0 bridgehead atoms. The van der Waals surface area contributed by atoms with Gasteiger partial charge < -0.3 is 10.1 Å². The van der Waals surface area contributed by atoms with Crippen molar-refractivity contribution in [3.63, 3.8) is 0 Å². The fourth-order valence-corrected chi connectivity index (χ4v) is 2.77.